The first-order valence-electron chi connectivity index (χ1n) is 11.0. The molecule has 0 atom stereocenters. The summed E-state index contributed by atoms with van der Waals surface area (Å²) in [7, 11) is 1.67. The van der Waals surface area contributed by atoms with Gasteiger partial charge in [0.05, 0.1) is 36.7 Å². The molecule has 0 bridgehead atoms. The van der Waals surface area contributed by atoms with E-state index in [4.69, 9.17) is 19.1 Å². The van der Waals surface area contributed by atoms with Crippen LogP contribution in [-0.2, 0) is 16.1 Å². The molecule has 0 radical (unpaired) electrons. The SMILES string of the molecule is COCc1c(-c2nc(-c3ccc(OCCCC(=O)O)cc3)no2)cnn1C1CCCCC1. The van der Waals surface area contributed by atoms with Crippen molar-refractivity contribution in [3.05, 3.63) is 36.2 Å². The monoisotopic (exact) mass is 440 g/mol. The van der Waals surface area contributed by atoms with Gasteiger partial charge < -0.3 is 19.1 Å². The van der Waals surface area contributed by atoms with Gasteiger partial charge in [-0.25, -0.2) is 0 Å². The van der Waals surface area contributed by atoms with E-state index in [0.29, 0.717) is 43.1 Å². The van der Waals surface area contributed by atoms with Crippen LogP contribution in [-0.4, -0.2) is 44.7 Å². The van der Waals surface area contributed by atoms with Crippen LogP contribution in [0.4, 0.5) is 0 Å². The quantitative estimate of drug-likeness (QED) is 0.459. The highest BCUT2D eigenvalue weighted by Gasteiger charge is 2.24. The van der Waals surface area contributed by atoms with E-state index >= 15 is 0 Å². The average molecular weight is 441 g/mol. The summed E-state index contributed by atoms with van der Waals surface area (Å²) in [5.74, 6) is 0.739. The molecule has 4 rings (SSSR count). The van der Waals surface area contributed by atoms with Crippen LogP contribution < -0.4 is 4.74 Å². The van der Waals surface area contributed by atoms with Gasteiger partial charge in [0.15, 0.2) is 0 Å². The van der Waals surface area contributed by atoms with Crippen LogP contribution in [0.2, 0.25) is 0 Å². The molecule has 2 heterocycles. The van der Waals surface area contributed by atoms with Crippen LogP contribution in [0, 0.1) is 0 Å². The molecule has 170 valence electrons. The molecule has 0 unspecified atom stereocenters. The molecule has 1 fully saturated rings. The van der Waals surface area contributed by atoms with Crippen LogP contribution in [0.15, 0.2) is 35.0 Å². The predicted octanol–water partition coefficient (Wildman–Crippen LogP) is 4.50. The van der Waals surface area contributed by atoms with Crippen molar-refractivity contribution in [3.63, 3.8) is 0 Å². The lowest BCUT2D eigenvalue weighted by Gasteiger charge is -2.24. The fraction of sp³-hybridized carbons (Fsp3) is 0.478. The van der Waals surface area contributed by atoms with Gasteiger partial charge >= 0.3 is 5.97 Å². The number of aliphatic carboxylic acids is 1. The molecule has 0 spiro atoms. The molecule has 9 nitrogen and oxygen atoms in total. The first-order chi connectivity index (χ1) is 15.7. The number of hydrogen-bond acceptors (Lipinski definition) is 7. The summed E-state index contributed by atoms with van der Waals surface area (Å²) < 4.78 is 18.6. The molecule has 1 N–H and O–H groups in total. The predicted molar refractivity (Wildman–Crippen MR) is 116 cm³/mol. The number of carboxylic acid groups (broad SMARTS) is 1. The Morgan fingerprint density at radius 2 is 2.00 bits per heavy atom. The van der Waals surface area contributed by atoms with E-state index in [2.05, 4.69) is 19.9 Å². The molecule has 0 amide bonds. The van der Waals surface area contributed by atoms with Crippen molar-refractivity contribution in [2.45, 2.75) is 57.6 Å². The molecule has 2 aromatic heterocycles. The molecule has 0 aliphatic heterocycles. The molecule has 1 aliphatic rings. The summed E-state index contributed by atoms with van der Waals surface area (Å²) in [5, 5.41) is 17.5. The Balaban J connectivity index is 1.47. The van der Waals surface area contributed by atoms with E-state index in [1.165, 1.54) is 19.3 Å². The van der Waals surface area contributed by atoms with Crippen molar-refractivity contribution in [2.75, 3.05) is 13.7 Å². The number of nitrogens with zero attached hydrogens (tertiary/aromatic N) is 4. The number of methoxy groups -OCH3 is 1. The van der Waals surface area contributed by atoms with Gasteiger partial charge in [0.25, 0.3) is 5.89 Å². The normalized spacial score (nSPS) is 14.5. The zero-order valence-corrected chi connectivity index (χ0v) is 18.2. The van der Waals surface area contributed by atoms with Crippen LogP contribution in [0.25, 0.3) is 22.8 Å². The Kier molecular flexibility index (Phi) is 7.16. The molecule has 9 heteroatoms. The van der Waals surface area contributed by atoms with E-state index in [9.17, 15) is 4.79 Å². The van der Waals surface area contributed by atoms with Crippen molar-refractivity contribution < 1.29 is 23.9 Å². The van der Waals surface area contributed by atoms with Crippen LogP contribution >= 0.6 is 0 Å². The Labute approximate surface area is 186 Å². The van der Waals surface area contributed by atoms with Gasteiger partial charge in [0, 0.05) is 19.1 Å². The highest BCUT2D eigenvalue weighted by molar-refractivity contribution is 5.66. The highest BCUT2D eigenvalue weighted by Crippen LogP contribution is 2.33. The number of carboxylic acids is 1. The highest BCUT2D eigenvalue weighted by atomic mass is 16.5. The minimum Gasteiger partial charge on any atom is -0.494 e. The Hall–Kier alpha value is -3.20. The standard InChI is InChI=1S/C23H28N4O5/c1-30-15-20-19(14-24-27(20)17-6-3-2-4-7-17)23-25-22(26-32-23)16-9-11-18(12-10-16)31-13-5-8-21(28)29/h9-12,14,17H,2-8,13,15H2,1H3,(H,28,29). The van der Waals surface area contributed by atoms with E-state index in [1.807, 2.05) is 24.3 Å². The summed E-state index contributed by atoms with van der Waals surface area (Å²) in [6.07, 6.45) is 8.30. The number of benzene rings is 1. The van der Waals surface area contributed by atoms with Crippen LogP contribution in [0.3, 0.4) is 0 Å². The zero-order chi connectivity index (χ0) is 22.3. The van der Waals surface area contributed by atoms with E-state index < -0.39 is 5.97 Å². The lowest BCUT2D eigenvalue weighted by atomic mass is 9.95. The van der Waals surface area contributed by atoms with Gasteiger partial charge in [-0.05, 0) is 43.5 Å². The maximum atomic E-state index is 10.6. The van der Waals surface area contributed by atoms with Crippen LogP contribution in [0.1, 0.15) is 56.7 Å². The maximum Gasteiger partial charge on any atom is 0.303 e. The Morgan fingerprint density at radius 1 is 1.22 bits per heavy atom. The Morgan fingerprint density at radius 3 is 2.72 bits per heavy atom. The van der Waals surface area contributed by atoms with E-state index in [1.54, 1.807) is 13.3 Å². The number of rotatable bonds is 10. The molecule has 3 aromatic rings. The minimum atomic E-state index is -0.824. The summed E-state index contributed by atoms with van der Waals surface area (Å²) >= 11 is 0. The van der Waals surface area contributed by atoms with Gasteiger partial charge in [0.1, 0.15) is 5.75 Å². The lowest BCUT2D eigenvalue weighted by molar-refractivity contribution is -0.137. The molecule has 32 heavy (non-hydrogen) atoms. The molecule has 1 saturated carbocycles. The molecule has 1 aliphatic carbocycles. The number of ether oxygens (including phenoxy) is 2. The maximum absolute atomic E-state index is 10.6. The number of hydrogen-bond donors (Lipinski definition) is 1. The van der Waals surface area contributed by atoms with E-state index in [-0.39, 0.29) is 6.42 Å². The fourth-order valence-corrected chi connectivity index (χ4v) is 4.05. The fourth-order valence-electron chi connectivity index (χ4n) is 4.05. The largest absolute Gasteiger partial charge is 0.494 e. The van der Waals surface area contributed by atoms with Crippen molar-refractivity contribution in [1.82, 2.24) is 19.9 Å². The third-order valence-electron chi connectivity index (χ3n) is 5.67. The first-order valence-corrected chi connectivity index (χ1v) is 11.0. The second kappa shape index (κ2) is 10.4. The van der Waals surface area contributed by atoms with Crippen molar-refractivity contribution in [3.8, 4) is 28.6 Å². The lowest BCUT2D eigenvalue weighted by Crippen LogP contribution is -2.17. The molecular weight excluding hydrogens is 412 g/mol. The third-order valence-corrected chi connectivity index (χ3v) is 5.67. The van der Waals surface area contributed by atoms with Crippen LogP contribution in [0.5, 0.6) is 5.75 Å². The number of carbonyl (C=O) groups is 1. The van der Waals surface area contributed by atoms with Gasteiger partial charge in [-0.1, -0.05) is 24.4 Å². The topological polar surface area (TPSA) is 112 Å². The smallest absolute Gasteiger partial charge is 0.303 e. The van der Waals surface area contributed by atoms with Gasteiger partial charge in [-0.3, -0.25) is 9.48 Å². The van der Waals surface area contributed by atoms with Crippen molar-refractivity contribution >= 4 is 5.97 Å². The average Bonchev–Trinajstić information content (AvgIpc) is 3.45. The van der Waals surface area contributed by atoms with E-state index in [0.717, 1.165) is 29.7 Å². The first kappa shape index (κ1) is 22.0. The summed E-state index contributed by atoms with van der Waals surface area (Å²) in [6, 6.07) is 7.70. The second-order valence-corrected chi connectivity index (χ2v) is 7.97. The zero-order valence-electron chi connectivity index (χ0n) is 18.2. The summed E-state index contributed by atoms with van der Waals surface area (Å²) in [6.45, 7) is 0.780. The van der Waals surface area contributed by atoms with Crippen molar-refractivity contribution in [2.24, 2.45) is 0 Å². The molecule has 1 aromatic carbocycles. The Bertz CT molecular complexity index is 1020. The number of aromatic nitrogens is 4. The summed E-state index contributed by atoms with van der Waals surface area (Å²) in [5.41, 5.74) is 2.56. The summed E-state index contributed by atoms with van der Waals surface area (Å²) in [4.78, 5) is 15.1. The molecule has 0 saturated heterocycles. The minimum absolute atomic E-state index is 0.0894. The van der Waals surface area contributed by atoms with Gasteiger partial charge in [0.2, 0.25) is 5.82 Å². The third kappa shape index (κ3) is 5.16. The van der Waals surface area contributed by atoms with Crippen molar-refractivity contribution in [1.29, 1.82) is 0 Å². The second-order valence-electron chi connectivity index (χ2n) is 7.97. The van der Waals surface area contributed by atoms with Gasteiger partial charge in [-0.15, -0.1) is 0 Å². The molecular formula is C23H28N4O5. The van der Waals surface area contributed by atoms with Gasteiger partial charge in [-0.2, -0.15) is 10.1 Å².